The lowest BCUT2D eigenvalue weighted by Gasteiger charge is -2.20. The lowest BCUT2D eigenvalue weighted by Crippen LogP contribution is -2.37. The molecule has 114 valence electrons. The molecule has 0 atom stereocenters. The Morgan fingerprint density at radius 3 is 2.70 bits per heavy atom. The second-order valence-electron chi connectivity index (χ2n) is 4.36. The van der Waals surface area contributed by atoms with Crippen LogP contribution in [-0.2, 0) is 10.0 Å². The minimum Gasteiger partial charge on any atom is -0.492 e. The number of sulfonamides is 1. The molecule has 1 aromatic carbocycles. The van der Waals surface area contributed by atoms with Crippen LogP contribution >= 0.6 is 0 Å². The SMILES string of the molecule is CCCN(CCO)S(=O)(=O)CCOc1cccc(N)c1. The summed E-state index contributed by atoms with van der Waals surface area (Å²) in [6, 6.07) is 6.84. The van der Waals surface area contributed by atoms with Crippen LogP contribution in [0.5, 0.6) is 5.75 Å². The Kier molecular flexibility index (Phi) is 6.77. The zero-order chi connectivity index (χ0) is 15.0. The van der Waals surface area contributed by atoms with Gasteiger partial charge in [0.1, 0.15) is 12.4 Å². The molecule has 0 amide bonds. The predicted octanol–water partition coefficient (Wildman–Crippen LogP) is 0.682. The fraction of sp³-hybridized carbons (Fsp3) is 0.538. The first-order valence-corrected chi connectivity index (χ1v) is 8.17. The van der Waals surface area contributed by atoms with Gasteiger partial charge in [-0.1, -0.05) is 13.0 Å². The molecule has 3 N–H and O–H groups in total. The van der Waals surface area contributed by atoms with Crippen molar-refractivity contribution in [1.82, 2.24) is 4.31 Å². The number of anilines is 1. The van der Waals surface area contributed by atoms with Gasteiger partial charge in [-0.15, -0.1) is 0 Å². The Morgan fingerprint density at radius 1 is 1.35 bits per heavy atom. The van der Waals surface area contributed by atoms with Crippen molar-refractivity contribution in [3.05, 3.63) is 24.3 Å². The molecular weight excluding hydrogens is 280 g/mol. The summed E-state index contributed by atoms with van der Waals surface area (Å²) in [5, 5.41) is 8.91. The third-order valence-corrected chi connectivity index (χ3v) is 4.52. The second-order valence-corrected chi connectivity index (χ2v) is 6.45. The first-order chi connectivity index (χ1) is 9.49. The van der Waals surface area contributed by atoms with Crippen molar-refractivity contribution in [3.63, 3.8) is 0 Å². The smallest absolute Gasteiger partial charge is 0.217 e. The van der Waals surface area contributed by atoms with E-state index in [4.69, 9.17) is 15.6 Å². The molecule has 0 aromatic heterocycles. The zero-order valence-corrected chi connectivity index (χ0v) is 12.5. The summed E-state index contributed by atoms with van der Waals surface area (Å²) in [6.45, 7) is 2.28. The molecule has 0 fully saturated rings. The highest BCUT2D eigenvalue weighted by molar-refractivity contribution is 7.89. The van der Waals surface area contributed by atoms with Gasteiger partial charge >= 0.3 is 0 Å². The highest BCUT2D eigenvalue weighted by atomic mass is 32.2. The molecule has 0 radical (unpaired) electrons. The molecule has 0 aliphatic carbocycles. The van der Waals surface area contributed by atoms with Crippen molar-refractivity contribution in [2.24, 2.45) is 0 Å². The standard InChI is InChI=1S/C13H22N2O4S/c1-2-6-15(7-8-16)20(17,18)10-9-19-13-5-3-4-12(14)11-13/h3-5,11,16H,2,6-10,14H2,1H3. The van der Waals surface area contributed by atoms with Gasteiger partial charge < -0.3 is 15.6 Å². The molecule has 0 aliphatic heterocycles. The minimum atomic E-state index is -3.41. The number of hydrogen-bond acceptors (Lipinski definition) is 5. The number of nitrogens with two attached hydrogens (primary N) is 1. The summed E-state index contributed by atoms with van der Waals surface area (Å²) < 4.78 is 30.8. The number of aliphatic hydroxyl groups excluding tert-OH is 1. The quantitative estimate of drug-likeness (QED) is 0.654. The van der Waals surface area contributed by atoms with Crippen molar-refractivity contribution >= 4 is 15.7 Å². The van der Waals surface area contributed by atoms with Crippen molar-refractivity contribution in [3.8, 4) is 5.75 Å². The summed E-state index contributed by atoms with van der Waals surface area (Å²) in [5.41, 5.74) is 6.18. The van der Waals surface area contributed by atoms with Gasteiger partial charge in [-0.05, 0) is 18.6 Å². The third-order valence-electron chi connectivity index (χ3n) is 2.68. The van der Waals surface area contributed by atoms with Crippen molar-refractivity contribution in [1.29, 1.82) is 0 Å². The van der Waals surface area contributed by atoms with E-state index in [1.807, 2.05) is 6.92 Å². The molecule has 0 unspecified atom stereocenters. The summed E-state index contributed by atoms with van der Waals surface area (Å²) in [5.74, 6) is 0.423. The van der Waals surface area contributed by atoms with Crippen LogP contribution in [0, 0.1) is 0 Å². The average molecular weight is 302 g/mol. The van der Waals surface area contributed by atoms with Crippen molar-refractivity contribution in [2.75, 3.05) is 37.8 Å². The molecule has 0 saturated heterocycles. The van der Waals surface area contributed by atoms with Gasteiger partial charge in [0.25, 0.3) is 0 Å². The summed E-state index contributed by atoms with van der Waals surface area (Å²) in [7, 11) is -3.41. The molecule has 6 nitrogen and oxygen atoms in total. The normalized spacial score (nSPS) is 11.8. The first-order valence-electron chi connectivity index (χ1n) is 6.56. The predicted molar refractivity (Wildman–Crippen MR) is 79.1 cm³/mol. The zero-order valence-electron chi connectivity index (χ0n) is 11.7. The number of ether oxygens (including phenoxy) is 1. The fourth-order valence-corrected chi connectivity index (χ4v) is 3.12. The summed E-state index contributed by atoms with van der Waals surface area (Å²) in [4.78, 5) is 0. The van der Waals surface area contributed by atoms with Crippen LogP contribution < -0.4 is 10.5 Å². The molecule has 20 heavy (non-hydrogen) atoms. The van der Waals surface area contributed by atoms with Crippen LogP contribution in [-0.4, -0.2) is 49.9 Å². The Morgan fingerprint density at radius 2 is 2.10 bits per heavy atom. The second kappa shape index (κ2) is 8.08. The Hall–Kier alpha value is -1.31. The van der Waals surface area contributed by atoms with Crippen LogP contribution in [0.3, 0.4) is 0 Å². The van der Waals surface area contributed by atoms with Crippen LogP contribution in [0.25, 0.3) is 0 Å². The average Bonchev–Trinajstić information content (AvgIpc) is 2.38. The maximum absolute atomic E-state index is 12.1. The van der Waals surface area contributed by atoms with Crippen molar-refractivity contribution in [2.45, 2.75) is 13.3 Å². The van der Waals surface area contributed by atoms with Gasteiger partial charge in [0.2, 0.25) is 10.0 Å². The van der Waals surface area contributed by atoms with E-state index in [9.17, 15) is 8.42 Å². The third kappa shape index (κ3) is 5.36. The van der Waals surface area contributed by atoms with Gasteiger partial charge in [-0.3, -0.25) is 0 Å². The van der Waals surface area contributed by atoms with E-state index in [0.717, 1.165) is 0 Å². The van der Waals surface area contributed by atoms with E-state index in [-0.39, 0.29) is 25.5 Å². The molecule has 1 aromatic rings. The molecule has 0 spiro atoms. The van der Waals surface area contributed by atoms with Gasteiger partial charge in [-0.2, -0.15) is 4.31 Å². The van der Waals surface area contributed by atoms with Crippen LogP contribution in [0.1, 0.15) is 13.3 Å². The van der Waals surface area contributed by atoms with Crippen LogP contribution in [0.2, 0.25) is 0 Å². The monoisotopic (exact) mass is 302 g/mol. The maximum Gasteiger partial charge on any atom is 0.217 e. The van der Waals surface area contributed by atoms with E-state index < -0.39 is 10.0 Å². The van der Waals surface area contributed by atoms with E-state index in [1.165, 1.54) is 4.31 Å². The number of aliphatic hydroxyl groups is 1. The Bertz CT molecular complexity index is 499. The molecule has 1 rings (SSSR count). The molecular formula is C13H22N2O4S. The largest absolute Gasteiger partial charge is 0.492 e. The molecule has 0 aliphatic rings. The van der Waals surface area contributed by atoms with E-state index >= 15 is 0 Å². The van der Waals surface area contributed by atoms with E-state index in [1.54, 1.807) is 24.3 Å². The van der Waals surface area contributed by atoms with Crippen molar-refractivity contribution < 1.29 is 18.3 Å². The van der Waals surface area contributed by atoms with Crippen LogP contribution in [0.4, 0.5) is 5.69 Å². The van der Waals surface area contributed by atoms with Gasteiger partial charge in [0.05, 0.1) is 12.4 Å². The first kappa shape index (κ1) is 16.7. The van der Waals surface area contributed by atoms with Crippen LogP contribution in [0.15, 0.2) is 24.3 Å². The highest BCUT2D eigenvalue weighted by Gasteiger charge is 2.20. The molecule has 0 heterocycles. The Balaban J connectivity index is 2.53. The summed E-state index contributed by atoms with van der Waals surface area (Å²) in [6.07, 6.45) is 0.704. The fourth-order valence-electron chi connectivity index (χ4n) is 1.75. The van der Waals surface area contributed by atoms with Gasteiger partial charge in [0, 0.05) is 24.8 Å². The van der Waals surface area contributed by atoms with E-state index in [0.29, 0.717) is 24.4 Å². The molecule has 0 saturated carbocycles. The Labute approximate surface area is 120 Å². The number of rotatable bonds is 9. The highest BCUT2D eigenvalue weighted by Crippen LogP contribution is 2.14. The number of benzene rings is 1. The van der Waals surface area contributed by atoms with Gasteiger partial charge in [0.15, 0.2) is 0 Å². The summed E-state index contributed by atoms with van der Waals surface area (Å²) >= 11 is 0. The lowest BCUT2D eigenvalue weighted by molar-refractivity contribution is 0.252. The van der Waals surface area contributed by atoms with Gasteiger partial charge in [-0.25, -0.2) is 8.42 Å². The molecule has 0 bridgehead atoms. The minimum absolute atomic E-state index is 0.0530. The lowest BCUT2D eigenvalue weighted by atomic mass is 10.3. The number of nitrogen functional groups attached to an aromatic ring is 1. The topological polar surface area (TPSA) is 92.9 Å². The number of hydrogen-bond donors (Lipinski definition) is 2. The molecule has 7 heteroatoms. The number of nitrogens with zero attached hydrogens (tertiary/aromatic N) is 1. The maximum atomic E-state index is 12.1. The van der Waals surface area contributed by atoms with E-state index in [2.05, 4.69) is 0 Å².